The predicted molar refractivity (Wildman–Crippen MR) is 339 cm³/mol. The molecule has 26 heteroatoms. The van der Waals surface area contributed by atoms with Crippen LogP contribution in [0.5, 0.6) is 0 Å². The number of rotatable bonds is 18. The molecule has 6 aromatic rings. The molecule has 2 saturated heterocycles. The number of benzene rings is 4. The molecular weight excluding hydrogens is 1230 g/mol. The van der Waals surface area contributed by atoms with E-state index >= 15 is 0 Å². The maximum Gasteiger partial charge on any atom is 0.490 e. The van der Waals surface area contributed by atoms with Gasteiger partial charge in [-0.05, 0) is 75.3 Å². The Bertz CT molecular complexity index is 3190. The number of imidazole rings is 2. The summed E-state index contributed by atoms with van der Waals surface area (Å²) in [5, 5.41) is 50.8. The van der Waals surface area contributed by atoms with Crippen molar-refractivity contribution in [1.29, 1.82) is 0 Å². The second kappa shape index (κ2) is 34.1. The lowest BCUT2D eigenvalue weighted by atomic mass is 9.77. The van der Waals surface area contributed by atoms with Gasteiger partial charge < -0.3 is 60.6 Å². The highest BCUT2D eigenvalue weighted by Gasteiger charge is 2.45. The summed E-state index contributed by atoms with van der Waals surface area (Å²) < 4.78 is 67.6. The number of aliphatic hydroxyl groups is 2. The van der Waals surface area contributed by atoms with Crippen LogP contribution in [-0.2, 0) is 32.0 Å². The van der Waals surface area contributed by atoms with Gasteiger partial charge >= 0.3 is 24.3 Å². The third-order valence-electron chi connectivity index (χ3n) is 17.3. The lowest BCUT2D eigenvalue weighted by molar-refractivity contribution is -0.193. The van der Waals surface area contributed by atoms with Crippen molar-refractivity contribution in [1.82, 2.24) is 50.2 Å². The largest absolute Gasteiger partial charge is 0.490 e. The van der Waals surface area contributed by atoms with Gasteiger partial charge in [-0.1, -0.05) is 147 Å². The molecule has 2 aromatic heterocycles. The number of hydrogen-bond acceptors (Lipinski definition) is 12. The van der Waals surface area contributed by atoms with Crippen LogP contribution in [0.1, 0.15) is 135 Å². The number of carboxylic acids is 2. The number of alkyl halides is 6. The van der Waals surface area contributed by atoms with Gasteiger partial charge in [-0.2, -0.15) is 26.3 Å². The fourth-order valence-electron chi connectivity index (χ4n) is 12.8. The van der Waals surface area contributed by atoms with Gasteiger partial charge in [0.05, 0.1) is 47.3 Å². The number of halogens is 6. The first-order chi connectivity index (χ1) is 44.8. The maximum absolute atomic E-state index is 14.2. The third kappa shape index (κ3) is 20.3. The minimum Gasteiger partial charge on any atom is -0.475 e. The number of carbonyl (C=O) groups is 6. The molecule has 2 aliphatic carbocycles. The number of hydrogen-bond donors (Lipinski definition) is 8. The lowest BCUT2D eigenvalue weighted by Gasteiger charge is -2.41. The second-order valence-corrected chi connectivity index (χ2v) is 24.0. The summed E-state index contributed by atoms with van der Waals surface area (Å²) in [4.78, 5) is 82.5. The first kappa shape index (κ1) is 73.0. The Balaban J connectivity index is 0.000000221. The average molecular weight is 1320 g/mol. The van der Waals surface area contributed by atoms with E-state index in [1.54, 1.807) is 12.7 Å². The number of piperazine rings is 2. The molecule has 20 nitrogen and oxygen atoms in total. The fraction of sp³-hybridized carbons (Fsp3) is 0.471. The Morgan fingerprint density at radius 1 is 0.532 bits per heavy atom. The second-order valence-electron chi connectivity index (χ2n) is 24.0. The number of aliphatic carboxylic acids is 2. The minimum atomic E-state index is -5.08. The van der Waals surface area contributed by atoms with Crippen molar-refractivity contribution in [3.05, 3.63) is 156 Å². The van der Waals surface area contributed by atoms with E-state index in [2.05, 4.69) is 54.7 Å². The van der Waals surface area contributed by atoms with Crippen molar-refractivity contribution in [3.63, 3.8) is 0 Å². The summed E-state index contributed by atoms with van der Waals surface area (Å²) in [6.45, 7) is 8.29. The molecule has 2 aliphatic heterocycles. The van der Waals surface area contributed by atoms with Crippen LogP contribution in [0.15, 0.2) is 134 Å². The number of carbonyl (C=O) groups excluding carboxylic acids is 4. The molecule has 508 valence electrons. The van der Waals surface area contributed by atoms with Gasteiger partial charge in [-0.3, -0.25) is 19.2 Å². The first-order valence-electron chi connectivity index (χ1n) is 31.7. The smallest absolute Gasteiger partial charge is 0.475 e. The third-order valence-corrected chi connectivity index (χ3v) is 17.3. The van der Waals surface area contributed by atoms with Gasteiger partial charge in [0.2, 0.25) is 11.8 Å². The molecule has 0 bridgehead atoms. The average Bonchev–Trinajstić information content (AvgIpc) is 1.57. The van der Waals surface area contributed by atoms with E-state index in [1.165, 1.54) is 25.0 Å². The molecule has 6 atom stereocenters. The molecule has 10 rings (SSSR count). The summed E-state index contributed by atoms with van der Waals surface area (Å²) in [5.74, 6) is -5.76. The molecule has 4 amide bonds. The Hall–Kier alpha value is -8.46. The minimum absolute atomic E-state index is 0.0258. The zero-order valence-corrected chi connectivity index (χ0v) is 52.8. The van der Waals surface area contributed by atoms with Crippen molar-refractivity contribution in [2.45, 2.75) is 151 Å². The highest BCUT2D eigenvalue weighted by molar-refractivity contribution is 5.99. The number of aromatic nitrogens is 4. The van der Waals surface area contributed by atoms with Crippen LogP contribution in [0.25, 0.3) is 22.5 Å². The number of carboxylic acid groups (broad SMARTS) is 2. The molecule has 4 aliphatic rings. The van der Waals surface area contributed by atoms with E-state index in [4.69, 9.17) is 29.8 Å². The SMILES string of the molecule is CC(=O)NCCC[C@@]1(O)CCCC[C@@H]1n1cnc(C(=O)N2CCNC[C@H]2Cc2ccccc2)c1-c1ccccc1.CC(=O)NCCC[C@]1(O)CCCC[C@H]1n1cnc(C(=O)N2CCNC[C@H]2Cc2ccccc2)c1-c1ccccc1.O=C(O)C(F)(F)F.O=C(O)C(F)(F)F. The Labute approximate surface area is 542 Å². The van der Waals surface area contributed by atoms with Crippen LogP contribution in [0.2, 0.25) is 0 Å². The topological polar surface area (TPSA) is 274 Å². The van der Waals surface area contributed by atoms with Crippen LogP contribution < -0.4 is 21.3 Å². The molecule has 0 radical (unpaired) electrons. The maximum atomic E-state index is 14.2. The van der Waals surface area contributed by atoms with E-state index in [1.807, 2.05) is 107 Å². The van der Waals surface area contributed by atoms with Gasteiger partial charge in [0.15, 0.2) is 11.4 Å². The molecular formula is C68H84F6N10O10. The molecule has 4 aromatic carbocycles. The van der Waals surface area contributed by atoms with Crippen molar-refractivity contribution < 1.29 is 75.5 Å². The van der Waals surface area contributed by atoms with Gasteiger partial charge in [0.25, 0.3) is 11.8 Å². The van der Waals surface area contributed by atoms with Crippen molar-refractivity contribution in [3.8, 4) is 22.5 Å². The summed E-state index contributed by atoms with van der Waals surface area (Å²) in [6, 6.07) is 40.2. The summed E-state index contributed by atoms with van der Waals surface area (Å²) >= 11 is 0. The van der Waals surface area contributed by atoms with E-state index in [9.17, 15) is 55.7 Å². The number of nitrogens with zero attached hydrogens (tertiary/aromatic N) is 6. The van der Waals surface area contributed by atoms with Crippen LogP contribution in [-0.4, -0.2) is 173 Å². The molecule has 0 unspecified atom stereocenters. The molecule has 2 saturated carbocycles. The van der Waals surface area contributed by atoms with Crippen LogP contribution in [0.3, 0.4) is 0 Å². The summed E-state index contributed by atoms with van der Waals surface area (Å²) in [7, 11) is 0. The quantitative estimate of drug-likeness (QED) is 0.0294. The van der Waals surface area contributed by atoms with Gasteiger partial charge in [0.1, 0.15) is 0 Å². The highest BCUT2D eigenvalue weighted by Crippen LogP contribution is 2.45. The monoisotopic (exact) mass is 1310 g/mol. The zero-order chi connectivity index (χ0) is 68.1. The molecule has 4 fully saturated rings. The molecule has 4 heterocycles. The van der Waals surface area contributed by atoms with Gasteiger partial charge in [0, 0.05) is 89.4 Å². The van der Waals surface area contributed by atoms with Crippen molar-refractivity contribution in [2.75, 3.05) is 52.4 Å². The fourth-order valence-corrected chi connectivity index (χ4v) is 12.8. The first-order valence-corrected chi connectivity index (χ1v) is 31.7. The van der Waals surface area contributed by atoms with E-state index in [0.29, 0.717) is 76.1 Å². The van der Waals surface area contributed by atoms with Crippen LogP contribution in [0, 0.1) is 0 Å². The Morgan fingerprint density at radius 2 is 0.862 bits per heavy atom. The lowest BCUT2D eigenvalue weighted by Crippen LogP contribution is -2.54. The van der Waals surface area contributed by atoms with E-state index in [-0.39, 0.29) is 47.8 Å². The van der Waals surface area contributed by atoms with Gasteiger partial charge in [-0.25, -0.2) is 19.6 Å². The summed E-state index contributed by atoms with van der Waals surface area (Å²) in [6.07, 6.45) is 4.35. The van der Waals surface area contributed by atoms with Crippen LogP contribution >= 0.6 is 0 Å². The Morgan fingerprint density at radius 3 is 1.18 bits per heavy atom. The number of nitrogens with one attached hydrogen (secondary N) is 4. The van der Waals surface area contributed by atoms with Crippen molar-refractivity contribution in [2.24, 2.45) is 0 Å². The van der Waals surface area contributed by atoms with Crippen LogP contribution in [0.4, 0.5) is 26.3 Å². The zero-order valence-electron chi connectivity index (χ0n) is 52.8. The molecule has 94 heavy (non-hydrogen) atoms. The standard InChI is InChI=1S/2C32H41N5O3.2C2HF3O2/c2*1-24(38)34-18-10-17-32(40)16-9-8-15-28(32)37-23-35-29(30(37)26-13-6-3-7-14-26)31(39)36-20-19-33-22-27(36)21-25-11-4-2-5-12-25;2*3-2(4,5)1(6)7/h2*2-7,11-14,23,27-28,33,40H,8-10,15-22H2,1H3,(H,34,38);2*(H,6,7)/t27-,28+,32+;27-,28-,32-;;/m11../s1. The highest BCUT2D eigenvalue weighted by atomic mass is 19.4. The van der Waals surface area contributed by atoms with E-state index < -0.39 is 35.5 Å². The van der Waals surface area contributed by atoms with Gasteiger partial charge in [-0.15, -0.1) is 0 Å². The molecule has 8 N–H and O–H groups in total. The predicted octanol–water partition coefficient (Wildman–Crippen LogP) is 9.21. The van der Waals surface area contributed by atoms with Crippen molar-refractivity contribution >= 4 is 35.6 Å². The normalized spacial score (nSPS) is 21.3. The number of amides is 4. The summed E-state index contributed by atoms with van der Waals surface area (Å²) in [5.41, 5.74) is 4.80. The van der Waals surface area contributed by atoms with E-state index in [0.717, 1.165) is 100 Å². The Kier molecular flexibility index (Phi) is 26.5. The molecule has 0 spiro atoms.